The van der Waals surface area contributed by atoms with Crippen molar-refractivity contribution < 1.29 is 0 Å². The summed E-state index contributed by atoms with van der Waals surface area (Å²) in [7, 11) is 1.82. The summed E-state index contributed by atoms with van der Waals surface area (Å²) in [6.07, 6.45) is 12.7. The highest BCUT2D eigenvalue weighted by molar-refractivity contribution is 5.81. The Bertz CT molecular complexity index is 967. The second kappa shape index (κ2) is 8.19. The first-order chi connectivity index (χ1) is 12.7. The summed E-state index contributed by atoms with van der Waals surface area (Å²) < 4.78 is 3.48. The third kappa shape index (κ3) is 3.51. The van der Waals surface area contributed by atoms with E-state index in [2.05, 4.69) is 36.5 Å². The fourth-order valence-electron chi connectivity index (χ4n) is 3.43. The van der Waals surface area contributed by atoms with Crippen molar-refractivity contribution in [3.63, 3.8) is 0 Å². The van der Waals surface area contributed by atoms with Crippen LogP contribution in [0.15, 0.2) is 70.6 Å². The zero-order valence-corrected chi connectivity index (χ0v) is 15.8. The van der Waals surface area contributed by atoms with E-state index >= 15 is 0 Å². The van der Waals surface area contributed by atoms with Crippen LogP contribution in [0.5, 0.6) is 0 Å². The fourth-order valence-corrected chi connectivity index (χ4v) is 3.43. The summed E-state index contributed by atoms with van der Waals surface area (Å²) >= 11 is 0. The van der Waals surface area contributed by atoms with E-state index in [1.165, 1.54) is 11.1 Å². The zero-order chi connectivity index (χ0) is 18.5. The lowest BCUT2D eigenvalue weighted by Gasteiger charge is -2.15. The van der Waals surface area contributed by atoms with Gasteiger partial charge in [0.05, 0.1) is 11.0 Å². The average Bonchev–Trinajstić information content (AvgIpc) is 2.94. The fraction of sp³-hybridized carbons (Fsp3) is 0.318. The highest BCUT2D eigenvalue weighted by Crippen LogP contribution is 2.21. The maximum absolute atomic E-state index is 12.8. The van der Waals surface area contributed by atoms with E-state index in [4.69, 9.17) is 0 Å². The van der Waals surface area contributed by atoms with Crippen molar-refractivity contribution in [1.29, 1.82) is 0 Å². The van der Waals surface area contributed by atoms with Crippen molar-refractivity contribution in [2.24, 2.45) is 7.05 Å². The molecule has 0 aliphatic carbocycles. The summed E-state index contributed by atoms with van der Waals surface area (Å²) in [4.78, 5) is 12.8. The van der Waals surface area contributed by atoms with Gasteiger partial charge in [0.2, 0.25) is 0 Å². The number of aryl methyl sites for hydroxylation is 1. The molecule has 0 spiro atoms. The second-order valence-electron chi connectivity index (χ2n) is 6.46. The molecule has 4 nitrogen and oxygen atoms in total. The standard InChI is InChI=1S/C22H27N3O/c1-4-8-17(18-13-15-23-16-14-18)11-12-19(5-2)25-21-10-7-6-9-20(21)24(3)22(25)26/h5-13,23H,4,14-16H2,1-3H3/b12-11-,17-8+,19-5+. The van der Waals surface area contributed by atoms with Crippen molar-refractivity contribution >= 4 is 16.7 Å². The number of fused-ring (bicyclic) bond motifs is 1. The number of nitrogens with zero attached hydrogens (tertiary/aromatic N) is 2. The predicted molar refractivity (Wildman–Crippen MR) is 110 cm³/mol. The van der Waals surface area contributed by atoms with Gasteiger partial charge in [0.1, 0.15) is 0 Å². The molecule has 0 radical (unpaired) electrons. The van der Waals surface area contributed by atoms with Crippen molar-refractivity contribution in [3.8, 4) is 0 Å². The van der Waals surface area contributed by atoms with Crippen LogP contribution < -0.4 is 11.0 Å². The van der Waals surface area contributed by atoms with Crippen molar-refractivity contribution in [2.45, 2.75) is 26.7 Å². The zero-order valence-electron chi connectivity index (χ0n) is 15.8. The molecule has 0 saturated heterocycles. The van der Waals surface area contributed by atoms with Gasteiger partial charge in [-0.05, 0) is 55.7 Å². The number of hydrogen-bond donors (Lipinski definition) is 1. The Hall–Kier alpha value is -2.59. The van der Waals surface area contributed by atoms with Gasteiger partial charge < -0.3 is 5.32 Å². The van der Waals surface area contributed by atoms with Gasteiger partial charge in [-0.25, -0.2) is 4.79 Å². The summed E-state index contributed by atoms with van der Waals surface area (Å²) in [5, 5.41) is 3.36. The number of aromatic nitrogens is 2. The minimum atomic E-state index is -0.0222. The number of hydrogen-bond acceptors (Lipinski definition) is 2. The van der Waals surface area contributed by atoms with Gasteiger partial charge in [-0.15, -0.1) is 0 Å². The Morgan fingerprint density at radius 1 is 1.23 bits per heavy atom. The Kier molecular flexibility index (Phi) is 5.74. The van der Waals surface area contributed by atoms with E-state index in [1.807, 2.05) is 44.3 Å². The molecule has 2 aromatic rings. The molecule has 1 aliphatic heterocycles. The Balaban J connectivity index is 2.01. The summed E-state index contributed by atoms with van der Waals surface area (Å²) in [5.41, 5.74) is 5.37. The molecule has 1 N–H and O–H groups in total. The van der Waals surface area contributed by atoms with Crippen LogP contribution >= 0.6 is 0 Å². The van der Waals surface area contributed by atoms with Crippen molar-refractivity contribution in [1.82, 2.24) is 14.5 Å². The van der Waals surface area contributed by atoms with Crippen LogP contribution in [0.2, 0.25) is 0 Å². The van der Waals surface area contributed by atoms with Crippen LogP contribution in [-0.2, 0) is 7.05 Å². The largest absolute Gasteiger partial charge is 0.333 e. The minimum Gasteiger partial charge on any atom is -0.313 e. The number of benzene rings is 1. The molecule has 3 rings (SSSR count). The topological polar surface area (TPSA) is 39.0 Å². The maximum Gasteiger partial charge on any atom is 0.333 e. The van der Waals surface area contributed by atoms with E-state index in [9.17, 15) is 4.79 Å². The lowest BCUT2D eigenvalue weighted by atomic mass is 9.98. The van der Waals surface area contributed by atoms with Gasteiger partial charge in [0.25, 0.3) is 0 Å². The number of allylic oxidation sites excluding steroid dienone is 6. The van der Waals surface area contributed by atoms with E-state index in [1.54, 1.807) is 9.13 Å². The molecular weight excluding hydrogens is 322 g/mol. The van der Waals surface area contributed by atoms with Gasteiger partial charge in [0.15, 0.2) is 0 Å². The normalized spacial score (nSPS) is 16.5. The van der Waals surface area contributed by atoms with Crippen LogP contribution in [0.1, 0.15) is 26.7 Å². The quantitative estimate of drug-likeness (QED) is 0.828. The number of nitrogens with one attached hydrogen (secondary N) is 1. The van der Waals surface area contributed by atoms with Gasteiger partial charge >= 0.3 is 5.69 Å². The first-order valence-corrected chi connectivity index (χ1v) is 9.29. The smallest absolute Gasteiger partial charge is 0.313 e. The van der Waals surface area contributed by atoms with Crippen molar-refractivity contribution in [3.05, 3.63) is 76.3 Å². The van der Waals surface area contributed by atoms with Crippen LogP contribution in [-0.4, -0.2) is 22.2 Å². The molecule has 0 atom stereocenters. The van der Waals surface area contributed by atoms with Gasteiger partial charge in [-0.3, -0.25) is 9.13 Å². The summed E-state index contributed by atoms with van der Waals surface area (Å²) in [6.45, 7) is 6.06. The van der Waals surface area contributed by atoms with Crippen LogP contribution in [0.25, 0.3) is 16.7 Å². The monoisotopic (exact) mass is 349 g/mol. The van der Waals surface area contributed by atoms with Crippen LogP contribution in [0.3, 0.4) is 0 Å². The number of rotatable bonds is 5. The number of imidazole rings is 1. The average molecular weight is 349 g/mol. The first-order valence-electron chi connectivity index (χ1n) is 9.29. The highest BCUT2D eigenvalue weighted by Gasteiger charge is 2.12. The second-order valence-corrected chi connectivity index (χ2v) is 6.46. The molecular formula is C22H27N3O. The Labute approximate surface area is 154 Å². The molecule has 1 aromatic carbocycles. The van der Waals surface area contributed by atoms with E-state index in [0.717, 1.165) is 42.7 Å². The molecule has 0 saturated carbocycles. The van der Waals surface area contributed by atoms with Crippen LogP contribution in [0.4, 0.5) is 0 Å². The van der Waals surface area contributed by atoms with Gasteiger partial charge in [-0.2, -0.15) is 0 Å². The van der Waals surface area contributed by atoms with Gasteiger partial charge in [0, 0.05) is 19.3 Å². The Morgan fingerprint density at radius 3 is 2.65 bits per heavy atom. The lowest BCUT2D eigenvalue weighted by Crippen LogP contribution is -2.21. The number of para-hydroxylation sites is 2. The summed E-state index contributed by atoms with van der Waals surface area (Å²) in [5.74, 6) is 0. The molecule has 1 aliphatic rings. The van der Waals surface area contributed by atoms with Gasteiger partial charge in [-0.1, -0.05) is 43.4 Å². The lowest BCUT2D eigenvalue weighted by molar-refractivity contribution is 0.709. The molecule has 26 heavy (non-hydrogen) atoms. The van der Waals surface area contributed by atoms with Crippen LogP contribution in [0, 0.1) is 0 Å². The third-order valence-electron chi connectivity index (χ3n) is 4.81. The van der Waals surface area contributed by atoms with Crippen molar-refractivity contribution in [2.75, 3.05) is 13.1 Å². The molecule has 0 amide bonds. The molecule has 1 aromatic heterocycles. The molecule has 0 fully saturated rings. The van der Waals surface area contributed by atoms with E-state index in [0.29, 0.717) is 0 Å². The maximum atomic E-state index is 12.8. The molecule has 4 heteroatoms. The molecule has 136 valence electrons. The molecule has 2 heterocycles. The van der Waals surface area contributed by atoms with E-state index in [-0.39, 0.29) is 5.69 Å². The Morgan fingerprint density at radius 2 is 2.00 bits per heavy atom. The highest BCUT2D eigenvalue weighted by atomic mass is 16.1. The SMILES string of the molecule is C\C=C(/C=C\C(=C/CC)C1=CCNCC1)n1c(=O)n(C)c2ccccc21. The van der Waals surface area contributed by atoms with E-state index < -0.39 is 0 Å². The predicted octanol–water partition coefficient (Wildman–Crippen LogP) is 4.01. The molecule has 0 unspecified atom stereocenters. The summed E-state index contributed by atoms with van der Waals surface area (Å²) in [6, 6.07) is 7.90. The molecule has 0 bridgehead atoms. The first kappa shape index (κ1) is 18.2. The third-order valence-corrected chi connectivity index (χ3v) is 4.81. The minimum absolute atomic E-state index is 0.0222.